The number of thioether (sulfide) groups is 2. The molecule has 20 heavy (non-hydrogen) atoms. The highest BCUT2D eigenvalue weighted by molar-refractivity contribution is 8.00. The molecule has 0 fully saturated rings. The van der Waals surface area contributed by atoms with Crippen LogP contribution in [0, 0.1) is 11.3 Å². The van der Waals surface area contributed by atoms with E-state index in [0.717, 1.165) is 11.8 Å². The monoisotopic (exact) mass is 306 g/mol. The molecule has 0 saturated carbocycles. The number of aromatic nitrogens is 2. The second kappa shape index (κ2) is 6.45. The molecule has 2 aromatic rings. The number of primary amides is 1. The standard InChI is InChI=1S/C12H10N4O2S2/c1-19-12-15-10(7-2-3-18-5-7)8(4-13)11(16-12)20-6-9(14)17/h2-3,5H,6H2,1H3,(H2,14,17). The molecule has 0 unspecified atom stereocenters. The van der Waals surface area contributed by atoms with Crippen LogP contribution in [0.15, 0.2) is 33.2 Å². The summed E-state index contributed by atoms with van der Waals surface area (Å²) in [7, 11) is 0. The number of carbonyl (C=O) groups is 1. The van der Waals surface area contributed by atoms with Crippen LogP contribution >= 0.6 is 23.5 Å². The Labute approximate surface area is 123 Å². The molecule has 0 spiro atoms. The highest BCUT2D eigenvalue weighted by Crippen LogP contribution is 2.30. The number of hydrogen-bond donors (Lipinski definition) is 1. The molecule has 0 saturated heterocycles. The molecule has 0 atom stereocenters. The highest BCUT2D eigenvalue weighted by atomic mass is 32.2. The van der Waals surface area contributed by atoms with Gasteiger partial charge in [0.25, 0.3) is 0 Å². The Morgan fingerprint density at radius 3 is 2.90 bits per heavy atom. The van der Waals surface area contributed by atoms with Crippen LogP contribution in [-0.2, 0) is 4.79 Å². The third kappa shape index (κ3) is 3.12. The van der Waals surface area contributed by atoms with Gasteiger partial charge in [-0.3, -0.25) is 4.79 Å². The van der Waals surface area contributed by atoms with Gasteiger partial charge in [-0.05, 0) is 12.3 Å². The van der Waals surface area contributed by atoms with E-state index in [2.05, 4.69) is 16.0 Å². The van der Waals surface area contributed by atoms with Crippen molar-refractivity contribution in [2.75, 3.05) is 12.0 Å². The predicted molar refractivity (Wildman–Crippen MR) is 76.1 cm³/mol. The SMILES string of the molecule is CSc1nc(SCC(N)=O)c(C#N)c(-c2ccoc2)n1. The molecule has 2 N–H and O–H groups in total. The van der Waals surface area contributed by atoms with E-state index in [4.69, 9.17) is 10.2 Å². The Bertz CT molecular complexity index is 665. The largest absolute Gasteiger partial charge is 0.472 e. The number of hydrogen-bond acceptors (Lipinski definition) is 7. The zero-order valence-corrected chi connectivity index (χ0v) is 12.1. The number of nitriles is 1. The van der Waals surface area contributed by atoms with Crippen LogP contribution in [-0.4, -0.2) is 27.9 Å². The predicted octanol–water partition coefficient (Wildman–Crippen LogP) is 1.91. The fourth-order valence-corrected chi connectivity index (χ4v) is 2.60. The first-order valence-electron chi connectivity index (χ1n) is 5.45. The maximum absolute atomic E-state index is 10.9. The zero-order chi connectivity index (χ0) is 14.5. The number of nitrogens with zero attached hydrogens (tertiary/aromatic N) is 3. The third-order valence-corrected chi connectivity index (χ3v) is 3.84. The van der Waals surface area contributed by atoms with E-state index in [-0.39, 0.29) is 5.75 Å². The second-order valence-corrected chi connectivity index (χ2v) is 5.36. The quantitative estimate of drug-likeness (QED) is 0.511. The summed E-state index contributed by atoms with van der Waals surface area (Å²) in [4.78, 5) is 19.5. The Hall–Kier alpha value is -1.98. The van der Waals surface area contributed by atoms with E-state index in [1.54, 1.807) is 6.07 Å². The lowest BCUT2D eigenvalue weighted by Gasteiger charge is -2.07. The van der Waals surface area contributed by atoms with Crippen molar-refractivity contribution in [2.45, 2.75) is 10.2 Å². The van der Waals surface area contributed by atoms with Crippen molar-refractivity contribution in [3.05, 3.63) is 24.2 Å². The zero-order valence-electron chi connectivity index (χ0n) is 10.5. The third-order valence-electron chi connectivity index (χ3n) is 2.30. The van der Waals surface area contributed by atoms with Crippen LogP contribution < -0.4 is 5.73 Å². The second-order valence-electron chi connectivity index (χ2n) is 3.62. The van der Waals surface area contributed by atoms with Crippen LogP contribution in [0.4, 0.5) is 0 Å². The first kappa shape index (κ1) is 14.4. The Kier molecular flexibility index (Phi) is 4.65. The molecule has 0 radical (unpaired) electrons. The van der Waals surface area contributed by atoms with Crippen molar-refractivity contribution in [3.8, 4) is 17.3 Å². The van der Waals surface area contributed by atoms with E-state index in [1.165, 1.54) is 24.3 Å². The molecule has 102 valence electrons. The van der Waals surface area contributed by atoms with Crippen molar-refractivity contribution < 1.29 is 9.21 Å². The number of furan rings is 1. The topological polar surface area (TPSA) is 106 Å². The summed E-state index contributed by atoms with van der Waals surface area (Å²) in [6, 6.07) is 3.80. The molecule has 2 heterocycles. The summed E-state index contributed by atoms with van der Waals surface area (Å²) < 4.78 is 5.02. The molecule has 0 aromatic carbocycles. The van der Waals surface area contributed by atoms with Crippen LogP contribution in [0.25, 0.3) is 11.3 Å². The molecule has 0 aliphatic heterocycles. The molecule has 6 nitrogen and oxygen atoms in total. The molecule has 8 heteroatoms. The minimum Gasteiger partial charge on any atom is -0.472 e. The van der Waals surface area contributed by atoms with Gasteiger partial charge in [-0.2, -0.15) is 5.26 Å². The maximum Gasteiger partial charge on any atom is 0.227 e. The minimum atomic E-state index is -0.465. The Morgan fingerprint density at radius 1 is 1.55 bits per heavy atom. The molecule has 0 bridgehead atoms. The van der Waals surface area contributed by atoms with Crippen molar-refractivity contribution in [2.24, 2.45) is 5.73 Å². The van der Waals surface area contributed by atoms with Crippen molar-refractivity contribution in [3.63, 3.8) is 0 Å². The van der Waals surface area contributed by atoms with Gasteiger partial charge in [0, 0.05) is 5.56 Å². The van der Waals surface area contributed by atoms with Gasteiger partial charge in [0.1, 0.15) is 16.7 Å². The fourth-order valence-electron chi connectivity index (χ4n) is 1.46. The lowest BCUT2D eigenvalue weighted by atomic mass is 10.1. The molecule has 0 aliphatic rings. The van der Waals surface area contributed by atoms with E-state index in [1.807, 2.05) is 6.26 Å². The van der Waals surface area contributed by atoms with Gasteiger partial charge < -0.3 is 10.2 Å². The minimum absolute atomic E-state index is 0.0599. The summed E-state index contributed by atoms with van der Waals surface area (Å²) in [6.45, 7) is 0. The summed E-state index contributed by atoms with van der Waals surface area (Å²) >= 11 is 2.48. The van der Waals surface area contributed by atoms with E-state index >= 15 is 0 Å². The first-order valence-corrected chi connectivity index (χ1v) is 7.66. The molecule has 1 amide bonds. The van der Waals surface area contributed by atoms with E-state index in [0.29, 0.717) is 27.0 Å². The van der Waals surface area contributed by atoms with Crippen molar-refractivity contribution in [1.29, 1.82) is 5.26 Å². The lowest BCUT2D eigenvalue weighted by Crippen LogP contribution is -2.13. The van der Waals surface area contributed by atoms with Gasteiger partial charge in [-0.15, -0.1) is 0 Å². The highest BCUT2D eigenvalue weighted by Gasteiger charge is 2.17. The van der Waals surface area contributed by atoms with Gasteiger partial charge in [-0.1, -0.05) is 23.5 Å². The van der Waals surface area contributed by atoms with Crippen LogP contribution in [0.1, 0.15) is 5.56 Å². The number of carbonyl (C=O) groups excluding carboxylic acids is 1. The Balaban J connectivity index is 2.53. The fraction of sp³-hybridized carbons (Fsp3) is 0.167. The van der Waals surface area contributed by atoms with Gasteiger partial charge in [-0.25, -0.2) is 9.97 Å². The summed E-state index contributed by atoms with van der Waals surface area (Å²) in [5.74, 6) is -0.405. The average Bonchev–Trinajstić information content (AvgIpc) is 2.97. The molecular formula is C12H10N4O2S2. The van der Waals surface area contributed by atoms with Crippen LogP contribution in [0.3, 0.4) is 0 Å². The molecule has 2 aromatic heterocycles. The first-order chi connectivity index (χ1) is 9.65. The van der Waals surface area contributed by atoms with Crippen molar-refractivity contribution in [1.82, 2.24) is 9.97 Å². The van der Waals surface area contributed by atoms with Gasteiger partial charge in [0.2, 0.25) is 5.91 Å². The van der Waals surface area contributed by atoms with Crippen molar-refractivity contribution >= 4 is 29.4 Å². The number of nitrogens with two attached hydrogens (primary N) is 1. The van der Waals surface area contributed by atoms with E-state index in [9.17, 15) is 10.1 Å². The summed E-state index contributed by atoms with van der Waals surface area (Å²) in [5.41, 5.74) is 6.63. The van der Waals surface area contributed by atoms with Crippen LogP contribution in [0.5, 0.6) is 0 Å². The van der Waals surface area contributed by atoms with E-state index < -0.39 is 5.91 Å². The average molecular weight is 306 g/mol. The molecule has 0 aliphatic carbocycles. The van der Waals surface area contributed by atoms with Crippen LogP contribution in [0.2, 0.25) is 0 Å². The molecule has 2 rings (SSSR count). The number of amides is 1. The Morgan fingerprint density at radius 2 is 2.35 bits per heavy atom. The van der Waals surface area contributed by atoms with Gasteiger partial charge >= 0.3 is 0 Å². The normalized spacial score (nSPS) is 10.2. The smallest absolute Gasteiger partial charge is 0.227 e. The maximum atomic E-state index is 10.9. The van der Waals surface area contributed by atoms with Gasteiger partial charge in [0.05, 0.1) is 24.0 Å². The lowest BCUT2D eigenvalue weighted by molar-refractivity contribution is -0.115. The van der Waals surface area contributed by atoms with Gasteiger partial charge in [0.15, 0.2) is 5.16 Å². The summed E-state index contributed by atoms with van der Waals surface area (Å²) in [5, 5.41) is 10.3. The molecular weight excluding hydrogens is 296 g/mol. The number of rotatable bonds is 5. The summed E-state index contributed by atoms with van der Waals surface area (Å²) in [6.07, 6.45) is 4.85.